The Bertz CT molecular complexity index is 530. The van der Waals surface area contributed by atoms with E-state index in [-0.39, 0.29) is 35.1 Å². The van der Waals surface area contributed by atoms with E-state index in [0.29, 0.717) is 12.4 Å². The number of hydrogen-bond donors (Lipinski definition) is 2. The normalized spacial score (nSPS) is 23.0. The summed E-state index contributed by atoms with van der Waals surface area (Å²) in [4.78, 5) is 16.5. The largest absolute Gasteiger partial charge is 0.443 e. The van der Waals surface area contributed by atoms with Crippen molar-refractivity contribution in [3.63, 3.8) is 0 Å². The van der Waals surface area contributed by atoms with Gasteiger partial charge in [0.05, 0.1) is 12.7 Å². The van der Waals surface area contributed by atoms with Crippen LogP contribution in [0.2, 0.25) is 0 Å². The number of halogens is 1. The second kappa shape index (κ2) is 6.20. The Morgan fingerprint density at radius 1 is 1.45 bits per heavy atom. The molecule has 5 nitrogen and oxygen atoms in total. The van der Waals surface area contributed by atoms with Crippen molar-refractivity contribution in [2.24, 2.45) is 11.3 Å². The van der Waals surface area contributed by atoms with Crippen LogP contribution in [0.5, 0.6) is 0 Å². The third-order valence-corrected chi connectivity index (χ3v) is 4.81. The minimum atomic E-state index is -0.0507. The Morgan fingerprint density at radius 3 is 2.73 bits per heavy atom. The van der Waals surface area contributed by atoms with Crippen LogP contribution in [-0.2, 0) is 16.8 Å². The van der Waals surface area contributed by atoms with Gasteiger partial charge in [0.15, 0.2) is 0 Å². The van der Waals surface area contributed by atoms with E-state index < -0.39 is 0 Å². The highest BCUT2D eigenvalue weighted by Crippen LogP contribution is 2.58. The Labute approximate surface area is 138 Å². The van der Waals surface area contributed by atoms with E-state index in [2.05, 4.69) is 36.4 Å². The molecule has 2 fully saturated rings. The van der Waals surface area contributed by atoms with E-state index in [1.165, 1.54) is 0 Å². The first-order chi connectivity index (χ1) is 9.91. The van der Waals surface area contributed by atoms with Crippen molar-refractivity contribution >= 4 is 18.3 Å². The lowest BCUT2D eigenvalue weighted by Gasteiger charge is -2.23. The van der Waals surface area contributed by atoms with Gasteiger partial charge in [-0.1, -0.05) is 20.8 Å². The first-order valence-electron chi connectivity index (χ1n) is 7.84. The number of hydrogen-bond acceptors (Lipinski definition) is 4. The van der Waals surface area contributed by atoms with Crippen LogP contribution >= 0.6 is 12.4 Å². The van der Waals surface area contributed by atoms with Crippen LogP contribution in [0.1, 0.15) is 51.7 Å². The summed E-state index contributed by atoms with van der Waals surface area (Å²) < 4.78 is 5.70. The third-order valence-electron chi connectivity index (χ3n) is 4.81. The number of rotatable bonds is 3. The lowest BCUT2D eigenvalue weighted by molar-refractivity contribution is -0.123. The molecular weight excluding hydrogens is 302 g/mol. The van der Waals surface area contributed by atoms with Gasteiger partial charge in [0.1, 0.15) is 5.76 Å². The van der Waals surface area contributed by atoms with Crippen LogP contribution in [0.25, 0.3) is 0 Å². The number of carbonyl (C=O) groups excluding carboxylic acids is 1. The fourth-order valence-corrected chi connectivity index (χ4v) is 3.22. The number of amides is 1. The zero-order valence-electron chi connectivity index (χ0n) is 13.6. The zero-order chi connectivity index (χ0) is 15.1. The van der Waals surface area contributed by atoms with Crippen LogP contribution in [0, 0.1) is 11.3 Å². The molecule has 124 valence electrons. The molecule has 2 heterocycles. The Hall–Kier alpha value is -1.07. The number of nitrogens with one attached hydrogen (secondary N) is 2. The van der Waals surface area contributed by atoms with Gasteiger partial charge in [0, 0.05) is 11.3 Å². The molecule has 2 N–H and O–H groups in total. The standard InChI is InChI=1S/C16H25N3O2.ClH/c1-15(2,3)12-9-18-13(21-12)10-19-14(20)11-8-16(11)4-6-17-7-5-16;/h9,11,17H,4-8,10H2,1-3H3,(H,19,20);1H. The highest BCUT2D eigenvalue weighted by Gasteiger charge is 2.57. The summed E-state index contributed by atoms with van der Waals surface area (Å²) >= 11 is 0. The molecule has 1 spiro atoms. The summed E-state index contributed by atoms with van der Waals surface area (Å²) in [6, 6.07) is 0. The summed E-state index contributed by atoms with van der Waals surface area (Å²) in [5.41, 5.74) is 0.230. The number of oxazole rings is 1. The van der Waals surface area contributed by atoms with Gasteiger partial charge in [0.2, 0.25) is 11.8 Å². The van der Waals surface area contributed by atoms with Crippen LogP contribution in [0.4, 0.5) is 0 Å². The van der Waals surface area contributed by atoms with Crippen molar-refractivity contribution < 1.29 is 9.21 Å². The molecule has 1 aromatic heterocycles. The van der Waals surface area contributed by atoms with Gasteiger partial charge in [-0.3, -0.25) is 4.79 Å². The maximum Gasteiger partial charge on any atom is 0.224 e. The van der Waals surface area contributed by atoms with E-state index >= 15 is 0 Å². The molecule has 3 rings (SSSR count). The fourth-order valence-electron chi connectivity index (χ4n) is 3.22. The second-order valence-corrected chi connectivity index (χ2v) is 7.46. The van der Waals surface area contributed by atoms with Gasteiger partial charge < -0.3 is 15.1 Å². The van der Waals surface area contributed by atoms with Crippen molar-refractivity contribution in [2.75, 3.05) is 13.1 Å². The molecule has 1 amide bonds. The highest BCUT2D eigenvalue weighted by atomic mass is 35.5. The quantitative estimate of drug-likeness (QED) is 0.894. The predicted octanol–water partition coefficient (Wildman–Crippen LogP) is 2.40. The molecule has 0 aromatic carbocycles. The highest BCUT2D eigenvalue weighted by molar-refractivity contribution is 5.85. The molecule has 1 aliphatic carbocycles. The lowest BCUT2D eigenvalue weighted by Crippen LogP contribution is -2.33. The van der Waals surface area contributed by atoms with Gasteiger partial charge in [-0.15, -0.1) is 12.4 Å². The van der Waals surface area contributed by atoms with Gasteiger partial charge in [-0.2, -0.15) is 0 Å². The van der Waals surface area contributed by atoms with E-state index in [4.69, 9.17) is 4.42 Å². The van der Waals surface area contributed by atoms with Crippen molar-refractivity contribution in [1.29, 1.82) is 0 Å². The minimum Gasteiger partial charge on any atom is -0.443 e. The average molecular weight is 328 g/mol. The summed E-state index contributed by atoms with van der Waals surface area (Å²) in [6.45, 7) is 8.72. The van der Waals surface area contributed by atoms with Crippen molar-refractivity contribution in [3.05, 3.63) is 17.8 Å². The molecule has 0 radical (unpaired) electrons. The minimum absolute atomic E-state index is 0. The Balaban J connectivity index is 0.00000176. The summed E-state index contributed by atoms with van der Waals surface area (Å²) in [7, 11) is 0. The first kappa shape index (κ1) is 17.3. The van der Waals surface area contributed by atoms with Crippen molar-refractivity contribution in [3.8, 4) is 0 Å². The van der Waals surface area contributed by atoms with Gasteiger partial charge in [-0.05, 0) is 37.8 Å². The summed E-state index contributed by atoms with van der Waals surface area (Å²) in [6.07, 6.45) is 5.04. The molecule has 1 aromatic rings. The van der Waals surface area contributed by atoms with Crippen molar-refractivity contribution in [2.45, 2.75) is 52.0 Å². The summed E-state index contributed by atoms with van der Waals surface area (Å²) in [5.74, 6) is 1.80. The van der Waals surface area contributed by atoms with Gasteiger partial charge in [0.25, 0.3) is 0 Å². The summed E-state index contributed by atoms with van der Waals surface area (Å²) in [5, 5.41) is 6.34. The monoisotopic (exact) mass is 327 g/mol. The van der Waals surface area contributed by atoms with Gasteiger partial charge in [-0.25, -0.2) is 4.98 Å². The molecular formula is C16H26ClN3O2. The predicted molar refractivity (Wildman–Crippen MR) is 86.9 cm³/mol. The Morgan fingerprint density at radius 2 is 2.14 bits per heavy atom. The molecule has 1 atom stereocenters. The van der Waals surface area contributed by atoms with E-state index in [1.54, 1.807) is 6.20 Å². The maximum absolute atomic E-state index is 12.3. The van der Waals surface area contributed by atoms with Gasteiger partial charge >= 0.3 is 0 Å². The van der Waals surface area contributed by atoms with Crippen LogP contribution in [-0.4, -0.2) is 24.0 Å². The average Bonchev–Trinajstić information content (AvgIpc) is 2.91. The molecule has 1 saturated heterocycles. The topological polar surface area (TPSA) is 67.2 Å². The maximum atomic E-state index is 12.3. The number of carbonyl (C=O) groups is 1. The lowest BCUT2D eigenvalue weighted by atomic mass is 9.92. The Kier molecular flexibility index (Phi) is 4.87. The number of nitrogens with zero attached hydrogens (tertiary/aromatic N) is 1. The van der Waals surface area contributed by atoms with Crippen LogP contribution < -0.4 is 10.6 Å². The van der Waals surface area contributed by atoms with E-state index in [1.807, 2.05) is 0 Å². The number of piperidine rings is 1. The van der Waals surface area contributed by atoms with Crippen LogP contribution in [0.15, 0.2) is 10.6 Å². The fraction of sp³-hybridized carbons (Fsp3) is 0.750. The zero-order valence-corrected chi connectivity index (χ0v) is 14.4. The van der Waals surface area contributed by atoms with E-state index in [0.717, 1.165) is 38.1 Å². The molecule has 1 unspecified atom stereocenters. The smallest absolute Gasteiger partial charge is 0.224 e. The molecule has 1 aliphatic heterocycles. The molecule has 1 saturated carbocycles. The SMILES string of the molecule is CC(C)(C)c1cnc(CNC(=O)C2CC23CCNCC3)o1.Cl. The second-order valence-electron chi connectivity index (χ2n) is 7.46. The molecule has 0 bridgehead atoms. The van der Waals surface area contributed by atoms with E-state index in [9.17, 15) is 4.79 Å². The molecule has 6 heteroatoms. The third kappa shape index (κ3) is 3.46. The molecule has 2 aliphatic rings. The van der Waals surface area contributed by atoms with Crippen LogP contribution in [0.3, 0.4) is 0 Å². The first-order valence-corrected chi connectivity index (χ1v) is 7.84. The molecule has 22 heavy (non-hydrogen) atoms. The van der Waals surface area contributed by atoms with Crippen molar-refractivity contribution in [1.82, 2.24) is 15.6 Å². The number of aromatic nitrogens is 1.